The van der Waals surface area contributed by atoms with Gasteiger partial charge < -0.3 is 14.4 Å². The van der Waals surface area contributed by atoms with Crippen molar-refractivity contribution in [2.24, 2.45) is 0 Å². The first kappa shape index (κ1) is 24.9. The molecule has 1 saturated heterocycles. The number of alkyl carbamates (subject to hydrolysis) is 1. The van der Waals surface area contributed by atoms with Crippen molar-refractivity contribution in [3.8, 4) is 0 Å². The van der Waals surface area contributed by atoms with Gasteiger partial charge in [-0.05, 0) is 40.2 Å². The minimum atomic E-state index is -0.909. The lowest BCUT2D eigenvalue weighted by molar-refractivity contribution is -0.384. The maximum absolute atomic E-state index is 13.6. The Morgan fingerprint density at radius 2 is 1.85 bits per heavy atom. The number of amides is 2. The van der Waals surface area contributed by atoms with Crippen LogP contribution in [0.5, 0.6) is 0 Å². The molecule has 1 atom stereocenters. The van der Waals surface area contributed by atoms with Crippen LogP contribution in [-0.4, -0.2) is 39.8 Å². The van der Waals surface area contributed by atoms with Crippen LogP contribution >= 0.6 is 0 Å². The number of benzene rings is 2. The number of nitrogens with zero attached hydrogens (tertiary/aromatic N) is 2. The molecule has 0 aliphatic carbocycles. The Bertz CT molecular complexity index is 1110. The zero-order valence-electron chi connectivity index (χ0n) is 19.9. The third-order valence-electron chi connectivity index (χ3n) is 5.18. The van der Waals surface area contributed by atoms with Crippen LogP contribution in [0.15, 0.2) is 60.7 Å². The maximum atomic E-state index is 13.6. The highest BCUT2D eigenvalue weighted by Gasteiger charge is 2.43. The van der Waals surface area contributed by atoms with Crippen LogP contribution in [0.25, 0.3) is 5.70 Å². The molecule has 0 spiro atoms. The summed E-state index contributed by atoms with van der Waals surface area (Å²) in [5.41, 5.74) is -0.570. The summed E-state index contributed by atoms with van der Waals surface area (Å²) in [7, 11) is 0. The molecule has 2 aromatic rings. The summed E-state index contributed by atoms with van der Waals surface area (Å²) >= 11 is 0. The molecule has 0 radical (unpaired) electrons. The topological polar surface area (TPSA) is 111 Å². The standard InChI is InChI=1S/C25H29N3O6/c1-24(2,3)34-23(30)26-20(18-12-9-13-19(14-18)28(31)32)15-22(29)27-21(16-33-25(27,4)5)17-10-7-6-8-11-17/h6-15,21H,16H2,1-5H3,(H,26,30)/b20-15+/t21-/m0/s1. The van der Waals surface area contributed by atoms with Crippen molar-refractivity contribution in [1.82, 2.24) is 10.2 Å². The summed E-state index contributed by atoms with van der Waals surface area (Å²) in [6.07, 6.45) is 0.463. The number of carbonyl (C=O) groups is 2. The minimum Gasteiger partial charge on any atom is -0.444 e. The van der Waals surface area contributed by atoms with Gasteiger partial charge in [0.2, 0.25) is 0 Å². The molecule has 3 rings (SSSR count). The summed E-state index contributed by atoms with van der Waals surface area (Å²) in [4.78, 5) is 38.4. The van der Waals surface area contributed by atoms with E-state index in [2.05, 4.69) is 5.32 Å². The molecule has 180 valence electrons. The molecule has 0 unspecified atom stereocenters. The van der Waals surface area contributed by atoms with Crippen LogP contribution in [0.1, 0.15) is 51.8 Å². The number of nitro groups is 1. The summed E-state index contributed by atoms with van der Waals surface area (Å²) < 4.78 is 11.2. The Balaban J connectivity index is 2.01. The summed E-state index contributed by atoms with van der Waals surface area (Å²) in [6, 6.07) is 14.8. The van der Waals surface area contributed by atoms with Gasteiger partial charge in [-0.25, -0.2) is 4.79 Å². The Morgan fingerprint density at radius 1 is 1.18 bits per heavy atom. The van der Waals surface area contributed by atoms with E-state index in [-0.39, 0.29) is 17.4 Å². The predicted molar refractivity (Wildman–Crippen MR) is 127 cm³/mol. The van der Waals surface area contributed by atoms with Crippen molar-refractivity contribution in [2.45, 2.75) is 52.0 Å². The number of non-ortho nitro benzene ring substituents is 1. The Labute approximate surface area is 198 Å². The second kappa shape index (κ2) is 9.64. The maximum Gasteiger partial charge on any atom is 0.412 e. The first-order chi connectivity index (χ1) is 15.9. The van der Waals surface area contributed by atoms with E-state index < -0.39 is 28.2 Å². The van der Waals surface area contributed by atoms with E-state index >= 15 is 0 Å². The van der Waals surface area contributed by atoms with Gasteiger partial charge in [0.05, 0.1) is 23.3 Å². The SMILES string of the molecule is CC(C)(C)OC(=O)N/C(=C/C(=O)N1[C@H](c2ccccc2)COC1(C)C)c1cccc([N+](=O)[O-])c1. The summed E-state index contributed by atoms with van der Waals surface area (Å²) in [5, 5.41) is 13.9. The Morgan fingerprint density at radius 3 is 2.47 bits per heavy atom. The van der Waals surface area contributed by atoms with Crippen LogP contribution in [0.3, 0.4) is 0 Å². The molecule has 2 amide bonds. The number of nitrogens with one attached hydrogen (secondary N) is 1. The molecule has 0 saturated carbocycles. The third kappa shape index (κ3) is 5.99. The van der Waals surface area contributed by atoms with Gasteiger partial charge >= 0.3 is 6.09 Å². The normalized spacial score (nSPS) is 17.9. The zero-order valence-corrected chi connectivity index (χ0v) is 19.9. The van der Waals surface area contributed by atoms with E-state index in [4.69, 9.17) is 9.47 Å². The second-order valence-electron chi connectivity index (χ2n) is 9.38. The summed E-state index contributed by atoms with van der Waals surface area (Å²) in [6.45, 7) is 9.02. The average molecular weight is 468 g/mol. The lowest BCUT2D eigenvalue weighted by atomic mass is 10.0. The van der Waals surface area contributed by atoms with E-state index in [9.17, 15) is 19.7 Å². The van der Waals surface area contributed by atoms with Crippen molar-refractivity contribution in [2.75, 3.05) is 6.61 Å². The molecule has 1 aliphatic heterocycles. The molecule has 2 aromatic carbocycles. The first-order valence-electron chi connectivity index (χ1n) is 10.9. The fraction of sp³-hybridized carbons (Fsp3) is 0.360. The highest BCUT2D eigenvalue weighted by atomic mass is 16.6. The van der Waals surface area contributed by atoms with Crippen LogP contribution < -0.4 is 5.32 Å². The van der Waals surface area contributed by atoms with E-state index in [0.717, 1.165) is 5.56 Å². The van der Waals surface area contributed by atoms with E-state index in [1.807, 2.05) is 30.3 Å². The molecule has 1 heterocycles. The number of hydrogen-bond acceptors (Lipinski definition) is 6. The lowest BCUT2D eigenvalue weighted by Gasteiger charge is -2.33. The van der Waals surface area contributed by atoms with Gasteiger partial charge in [0, 0.05) is 23.8 Å². The molecule has 9 heteroatoms. The highest BCUT2D eigenvalue weighted by molar-refractivity contribution is 5.98. The smallest absolute Gasteiger partial charge is 0.412 e. The number of hydrogen-bond donors (Lipinski definition) is 1. The largest absolute Gasteiger partial charge is 0.444 e. The lowest BCUT2D eigenvalue weighted by Crippen LogP contribution is -2.44. The van der Waals surface area contributed by atoms with Crippen LogP contribution in [0, 0.1) is 10.1 Å². The molecular formula is C25H29N3O6. The van der Waals surface area contributed by atoms with Crippen molar-refractivity contribution < 1.29 is 24.0 Å². The van der Waals surface area contributed by atoms with Gasteiger partial charge in [-0.3, -0.25) is 20.2 Å². The Kier molecular flexibility index (Phi) is 7.07. The van der Waals surface area contributed by atoms with Crippen LogP contribution in [0.4, 0.5) is 10.5 Å². The summed E-state index contributed by atoms with van der Waals surface area (Å²) in [5.74, 6) is -0.422. The zero-order chi connectivity index (χ0) is 25.1. The van der Waals surface area contributed by atoms with E-state index in [1.165, 1.54) is 24.3 Å². The van der Waals surface area contributed by atoms with Crippen molar-refractivity contribution in [3.63, 3.8) is 0 Å². The fourth-order valence-corrected chi connectivity index (χ4v) is 3.73. The molecule has 1 aliphatic rings. The van der Waals surface area contributed by atoms with Gasteiger partial charge in [0.1, 0.15) is 11.3 Å². The molecular weight excluding hydrogens is 438 g/mol. The van der Waals surface area contributed by atoms with Crippen molar-refractivity contribution in [1.29, 1.82) is 0 Å². The van der Waals surface area contributed by atoms with Gasteiger partial charge in [-0.1, -0.05) is 42.5 Å². The molecule has 0 bridgehead atoms. The number of nitro benzene ring substituents is 1. The molecule has 0 aromatic heterocycles. The predicted octanol–water partition coefficient (Wildman–Crippen LogP) is 4.80. The van der Waals surface area contributed by atoms with E-state index in [1.54, 1.807) is 45.6 Å². The molecule has 34 heavy (non-hydrogen) atoms. The average Bonchev–Trinajstić information content (AvgIpc) is 3.07. The number of rotatable bonds is 5. The van der Waals surface area contributed by atoms with E-state index in [0.29, 0.717) is 12.2 Å². The van der Waals surface area contributed by atoms with Crippen molar-refractivity contribution in [3.05, 3.63) is 81.9 Å². The van der Waals surface area contributed by atoms with Gasteiger partial charge in [-0.15, -0.1) is 0 Å². The number of carbonyl (C=O) groups excluding carboxylic acids is 2. The fourth-order valence-electron chi connectivity index (χ4n) is 3.73. The van der Waals surface area contributed by atoms with Crippen molar-refractivity contribution >= 4 is 23.4 Å². The van der Waals surface area contributed by atoms with Gasteiger partial charge in [0.15, 0.2) is 0 Å². The third-order valence-corrected chi connectivity index (χ3v) is 5.18. The Hall–Kier alpha value is -3.72. The molecule has 1 N–H and O–H groups in total. The minimum absolute atomic E-state index is 0.0810. The monoisotopic (exact) mass is 467 g/mol. The highest BCUT2D eigenvalue weighted by Crippen LogP contribution is 2.37. The van der Waals surface area contributed by atoms with Gasteiger partial charge in [-0.2, -0.15) is 0 Å². The molecule has 9 nitrogen and oxygen atoms in total. The molecule has 1 fully saturated rings. The first-order valence-corrected chi connectivity index (χ1v) is 10.9. The van der Waals surface area contributed by atoms with Crippen LogP contribution in [0.2, 0.25) is 0 Å². The second-order valence-corrected chi connectivity index (χ2v) is 9.38. The quantitative estimate of drug-likeness (QED) is 0.384. The number of ether oxygens (including phenoxy) is 2. The van der Waals surface area contributed by atoms with Crippen LogP contribution in [-0.2, 0) is 14.3 Å². The van der Waals surface area contributed by atoms with Gasteiger partial charge in [0.25, 0.3) is 11.6 Å².